The summed E-state index contributed by atoms with van der Waals surface area (Å²) in [7, 11) is 0. The lowest BCUT2D eigenvalue weighted by Crippen LogP contribution is -2.42. The van der Waals surface area contributed by atoms with Gasteiger partial charge in [0.05, 0.1) is 5.60 Å². The zero-order valence-electron chi connectivity index (χ0n) is 10.2. The van der Waals surface area contributed by atoms with Gasteiger partial charge in [0.2, 0.25) is 0 Å². The molecule has 1 saturated heterocycles. The first kappa shape index (κ1) is 12.0. The number of nitrogens with zero attached hydrogens (tertiary/aromatic N) is 1. The Morgan fingerprint density at radius 1 is 1.36 bits per heavy atom. The van der Waals surface area contributed by atoms with Gasteiger partial charge in [-0.1, -0.05) is 20.8 Å². The van der Waals surface area contributed by atoms with Crippen LogP contribution in [0.25, 0.3) is 0 Å². The molecule has 1 aliphatic rings. The van der Waals surface area contributed by atoms with Crippen molar-refractivity contribution >= 4 is 0 Å². The lowest BCUT2D eigenvalue weighted by molar-refractivity contribution is 0.0122. The van der Waals surface area contributed by atoms with E-state index in [-0.39, 0.29) is 0 Å². The number of β-amino-alcohol motifs (C(OH)–C–C–N with tert-alkyl or cyclic N) is 1. The molecule has 1 fully saturated rings. The fraction of sp³-hybridized carbons (Fsp3) is 1.00. The number of rotatable bonds is 3. The highest BCUT2D eigenvalue weighted by Crippen LogP contribution is 2.30. The van der Waals surface area contributed by atoms with Crippen molar-refractivity contribution in [1.82, 2.24) is 4.90 Å². The van der Waals surface area contributed by atoms with Crippen LogP contribution in [0, 0.1) is 11.8 Å². The minimum absolute atomic E-state index is 0.516. The molecule has 0 aromatic carbocycles. The zero-order chi connectivity index (χ0) is 10.9. The molecule has 2 nitrogen and oxygen atoms in total. The highest BCUT2D eigenvalue weighted by atomic mass is 16.3. The summed E-state index contributed by atoms with van der Waals surface area (Å²) in [6.45, 7) is 12.8. The molecule has 1 aliphatic heterocycles. The Kier molecular flexibility index (Phi) is 3.59. The van der Waals surface area contributed by atoms with E-state index >= 15 is 0 Å². The SMILES string of the molecule is CCC(C)(O)CN1CC(C)C(C)C1C. The molecule has 84 valence electrons. The highest BCUT2D eigenvalue weighted by molar-refractivity contribution is 4.89. The first-order valence-corrected chi connectivity index (χ1v) is 5.84. The summed E-state index contributed by atoms with van der Waals surface area (Å²) >= 11 is 0. The van der Waals surface area contributed by atoms with E-state index in [0.717, 1.165) is 31.3 Å². The average molecular weight is 199 g/mol. The van der Waals surface area contributed by atoms with Crippen LogP contribution in [0.15, 0.2) is 0 Å². The van der Waals surface area contributed by atoms with E-state index in [4.69, 9.17) is 0 Å². The van der Waals surface area contributed by atoms with Crippen molar-refractivity contribution in [3.05, 3.63) is 0 Å². The van der Waals surface area contributed by atoms with Crippen molar-refractivity contribution in [1.29, 1.82) is 0 Å². The van der Waals surface area contributed by atoms with Crippen LogP contribution in [0.4, 0.5) is 0 Å². The summed E-state index contributed by atoms with van der Waals surface area (Å²) in [4.78, 5) is 2.43. The fourth-order valence-electron chi connectivity index (χ4n) is 2.27. The summed E-state index contributed by atoms with van der Waals surface area (Å²) in [6.07, 6.45) is 0.832. The second-order valence-electron chi connectivity index (χ2n) is 5.36. The standard InChI is InChI=1S/C12H25NO/c1-6-12(5,14)8-13-7-9(2)10(3)11(13)4/h9-11,14H,6-8H2,1-5H3. The third-order valence-corrected chi connectivity index (χ3v) is 4.06. The zero-order valence-corrected chi connectivity index (χ0v) is 10.2. The molecule has 1 rings (SSSR count). The van der Waals surface area contributed by atoms with Crippen molar-refractivity contribution in [3.8, 4) is 0 Å². The predicted molar refractivity (Wildman–Crippen MR) is 60.3 cm³/mol. The van der Waals surface area contributed by atoms with Crippen LogP contribution in [0.3, 0.4) is 0 Å². The lowest BCUT2D eigenvalue weighted by atomic mass is 9.95. The summed E-state index contributed by atoms with van der Waals surface area (Å²) < 4.78 is 0. The number of likely N-dealkylation sites (tertiary alicyclic amines) is 1. The molecule has 0 amide bonds. The Morgan fingerprint density at radius 3 is 2.29 bits per heavy atom. The van der Waals surface area contributed by atoms with Gasteiger partial charge in [-0.3, -0.25) is 4.90 Å². The van der Waals surface area contributed by atoms with Gasteiger partial charge in [-0.2, -0.15) is 0 Å². The molecule has 0 aromatic heterocycles. The summed E-state index contributed by atoms with van der Waals surface area (Å²) in [5, 5.41) is 10.0. The Bertz CT molecular complexity index is 191. The second kappa shape index (κ2) is 4.19. The van der Waals surface area contributed by atoms with Crippen LogP contribution in [0.2, 0.25) is 0 Å². The molecule has 1 N–H and O–H groups in total. The van der Waals surface area contributed by atoms with Crippen molar-refractivity contribution in [3.63, 3.8) is 0 Å². The molecule has 4 unspecified atom stereocenters. The predicted octanol–water partition coefficient (Wildman–Crippen LogP) is 2.12. The minimum atomic E-state index is -0.516. The largest absolute Gasteiger partial charge is 0.389 e. The monoisotopic (exact) mass is 199 g/mol. The van der Waals surface area contributed by atoms with Gasteiger partial charge in [0.1, 0.15) is 0 Å². The van der Waals surface area contributed by atoms with Gasteiger partial charge in [-0.15, -0.1) is 0 Å². The second-order valence-corrected chi connectivity index (χ2v) is 5.36. The van der Waals surface area contributed by atoms with Crippen molar-refractivity contribution in [2.45, 2.75) is 52.7 Å². The van der Waals surface area contributed by atoms with Crippen LogP contribution in [0.5, 0.6) is 0 Å². The van der Waals surface area contributed by atoms with Gasteiger partial charge < -0.3 is 5.11 Å². The molecule has 0 radical (unpaired) electrons. The van der Waals surface area contributed by atoms with Crippen LogP contribution in [-0.4, -0.2) is 34.7 Å². The summed E-state index contributed by atoms with van der Waals surface area (Å²) in [6, 6.07) is 0.614. The number of hydrogen-bond acceptors (Lipinski definition) is 2. The lowest BCUT2D eigenvalue weighted by Gasteiger charge is -2.31. The molecule has 2 heteroatoms. The van der Waals surface area contributed by atoms with Crippen molar-refractivity contribution in [2.75, 3.05) is 13.1 Å². The summed E-state index contributed by atoms with van der Waals surface area (Å²) in [5.74, 6) is 1.51. The smallest absolute Gasteiger partial charge is 0.0743 e. The van der Waals surface area contributed by atoms with Crippen LogP contribution < -0.4 is 0 Å². The number of hydrogen-bond donors (Lipinski definition) is 1. The molecule has 0 bridgehead atoms. The minimum Gasteiger partial charge on any atom is -0.389 e. The van der Waals surface area contributed by atoms with E-state index in [9.17, 15) is 5.11 Å². The Labute approximate surface area is 88.3 Å². The average Bonchev–Trinajstić information content (AvgIpc) is 2.33. The van der Waals surface area contributed by atoms with E-state index in [1.54, 1.807) is 0 Å². The van der Waals surface area contributed by atoms with Crippen molar-refractivity contribution < 1.29 is 5.11 Å². The molecular weight excluding hydrogens is 174 g/mol. The molecule has 0 aromatic rings. The normalized spacial score (nSPS) is 38.6. The summed E-state index contributed by atoms with van der Waals surface area (Å²) in [5.41, 5.74) is -0.516. The molecule has 14 heavy (non-hydrogen) atoms. The maximum Gasteiger partial charge on any atom is 0.0743 e. The third-order valence-electron chi connectivity index (χ3n) is 4.06. The van der Waals surface area contributed by atoms with Crippen LogP contribution >= 0.6 is 0 Å². The molecule has 0 saturated carbocycles. The van der Waals surface area contributed by atoms with Crippen molar-refractivity contribution in [2.24, 2.45) is 11.8 Å². The first-order chi connectivity index (χ1) is 6.37. The van der Waals surface area contributed by atoms with E-state index in [2.05, 4.69) is 25.7 Å². The number of aliphatic hydroxyl groups is 1. The molecule has 1 heterocycles. The quantitative estimate of drug-likeness (QED) is 0.752. The maximum absolute atomic E-state index is 10.0. The van der Waals surface area contributed by atoms with E-state index < -0.39 is 5.60 Å². The molecular formula is C12H25NO. The van der Waals surface area contributed by atoms with E-state index in [0.29, 0.717) is 6.04 Å². The Balaban J connectivity index is 2.55. The van der Waals surface area contributed by atoms with E-state index in [1.807, 2.05) is 13.8 Å². The van der Waals surface area contributed by atoms with Crippen LogP contribution in [-0.2, 0) is 0 Å². The first-order valence-electron chi connectivity index (χ1n) is 5.84. The van der Waals surface area contributed by atoms with Gasteiger partial charge in [-0.05, 0) is 32.1 Å². The maximum atomic E-state index is 10.0. The van der Waals surface area contributed by atoms with Gasteiger partial charge >= 0.3 is 0 Å². The highest BCUT2D eigenvalue weighted by Gasteiger charge is 2.36. The topological polar surface area (TPSA) is 23.5 Å². The van der Waals surface area contributed by atoms with E-state index in [1.165, 1.54) is 0 Å². The molecule has 0 aliphatic carbocycles. The van der Waals surface area contributed by atoms with Gasteiger partial charge in [0.15, 0.2) is 0 Å². The van der Waals surface area contributed by atoms with Crippen LogP contribution in [0.1, 0.15) is 41.0 Å². The Hall–Kier alpha value is -0.0800. The molecule has 0 spiro atoms. The van der Waals surface area contributed by atoms with Gasteiger partial charge in [0.25, 0.3) is 0 Å². The third kappa shape index (κ3) is 2.48. The fourth-order valence-corrected chi connectivity index (χ4v) is 2.27. The van der Waals surface area contributed by atoms with Gasteiger partial charge in [-0.25, -0.2) is 0 Å². The van der Waals surface area contributed by atoms with Gasteiger partial charge in [0, 0.05) is 19.1 Å². The Morgan fingerprint density at radius 2 is 1.93 bits per heavy atom. The molecule has 4 atom stereocenters.